The van der Waals surface area contributed by atoms with Crippen LogP contribution in [0.1, 0.15) is 32.6 Å². The standard InChI is InChI=1S/C10H18ClN3O3S/c1-7(2)14-9(5-8(3)6-17-4)12-13-10(14)18(11,15)16/h7-8H,5-6H2,1-4H3. The highest BCUT2D eigenvalue weighted by Gasteiger charge is 2.24. The second kappa shape index (κ2) is 5.99. The van der Waals surface area contributed by atoms with Crippen molar-refractivity contribution in [2.75, 3.05) is 13.7 Å². The number of halogens is 1. The lowest BCUT2D eigenvalue weighted by molar-refractivity contribution is 0.158. The fraction of sp³-hybridized carbons (Fsp3) is 0.800. The summed E-state index contributed by atoms with van der Waals surface area (Å²) in [6.45, 7) is 6.30. The van der Waals surface area contributed by atoms with Crippen molar-refractivity contribution in [3.05, 3.63) is 5.82 Å². The summed E-state index contributed by atoms with van der Waals surface area (Å²) in [4.78, 5) is 0. The summed E-state index contributed by atoms with van der Waals surface area (Å²) >= 11 is 0. The normalized spacial score (nSPS) is 14.1. The molecule has 0 spiro atoms. The number of aromatic nitrogens is 3. The van der Waals surface area contributed by atoms with Gasteiger partial charge in [0.1, 0.15) is 5.82 Å². The molecule has 1 aromatic heterocycles. The van der Waals surface area contributed by atoms with Gasteiger partial charge in [-0.15, -0.1) is 10.2 Å². The van der Waals surface area contributed by atoms with Crippen molar-refractivity contribution in [1.29, 1.82) is 0 Å². The maximum atomic E-state index is 11.4. The van der Waals surface area contributed by atoms with Crippen molar-refractivity contribution in [1.82, 2.24) is 14.8 Å². The van der Waals surface area contributed by atoms with Crippen LogP contribution in [0.5, 0.6) is 0 Å². The Hall–Kier alpha value is -0.660. The molecule has 0 N–H and O–H groups in total. The molecule has 0 saturated carbocycles. The van der Waals surface area contributed by atoms with E-state index in [-0.39, 0.29) is 17.1 Å². The molecule has 0 aliphatic carbocycles. The van der Waals surface area contributed by atoms with E-state index in [1.807, 2.05) is 20.8 Å². The van der Waals surface area contributed by atoms with Gasteiger partial charge in [0.2, 0.25) is 0 Å². The van der Waals surface area contributed by atoms with Gasteiger partial charge in [0.05, 0.1) is 0 Å². The highest BCUT2D eigenvalue weighted by molar-refractivity contribution is 8.13. The first-order valence-electron chi connectivity index (χ1n) is 5.64. The minimum atomic E-state index is -3.88. The average Bonchev–Trinajstić information content (AvgIpc) is 2.61. The van der Waals surface area contributed by atoms with E-state index in [4.69, 9.17) is 15.4 Å². The molecule has 0 aliphatic rings. The fourth-order valence-electron chi connectivity index (χ4n) is 1.79. The van der Waals surface area contributed by atoms with Crippen LogP contribution in [0.4, 0.5) is 0 Å². The maximum Gasteiger partial charge on any atom is 0.296 e. The molecule has 18 heavy (non-hydrogen) atoms. The predicted octanol–water partition coefficient (Wildman–Crippen LogP) is 1.61. The minimum Gasteiger partial charge on any atom is -0.384 e. The molecule has 0 saturated heterocycles. The van der Waals surface area contributed by atoms with E-state index in [2.05, 4.69) is 10.2 Å². The lowest BCUT2D eigenvalue weighted by atomic mass is 10.1. The first-order chi connectivity index (χ1) is 8.27. The summed E-state index contributed by atoms with van der Waals surface area (Å²) in [5.74, 6) is 0.830. The molecule has 1 atom stereocenters. The van der Waals surface area contributed by atoms with Crippen molar-refractivity contribution < 1.29 is 13.2 Å². The molecular weight excluding hydrogens is 278 g/mol. The number of ether oxygens (including phenoxy) is 1. The van der Waals surface area contributed by atoms with E-state index >= 15 is 0 Å². The lowest BCUT2D eigenvalue weighted by Gasteiger charge is -2.15. The van der Waals surface area contributed by atoms with Gasteiger partial charge in [-0.25, -0.2) is 8.42 Å². The van der Waals surface area contributed by atoms with E-state index in [0.717, 1.165) is 0 Å². The van der Waals surface area contributed by atoms with Gasteiger partial charge < -0.3 is 4.74 Å². The molecule has 1 heterocycles. The second-order valence-corrected chi connectivity index (χ2v) is 7.02. The maximum absolute atomic E-state index is 11.4. The molecule has 0 bridgehead atoms. The van der Waals surface area contributed by atoms with Crippen LogP contribution in [0.3, 0.4) is 0 Å². The van der Waals surface area contributed by atoms with Gasteiger partial charge in [-0.2, -0.15) is 0 Å². The van der Waals surface area contributed by atoms with Crippen LogP contribution in [0.15, 0.2) is 5.16 Å². The molecule has 0 radical (unpaired) electrons. The van der Waals surface area contributed by atoms with Crippen molar-refractivity contribution >= 4 is 19.7 Å². The third kappa shape index (κ3) is 3.66. The first-order valence-corrected chi connectivity index (χ1v) is 7.95. The van der Waals surface area contributed by atoms with Crippen molar-refractivity contribution in [2.45, 2.75) is 38.4 Å². The summed E-state index contributed by atoms with van der Waals surface area (Å²) < 4.78 is 29.4. The van der Waals surface area contributed by atoms with Crippen LogP contribution in [-0.2, 0) is 20.2 Å². The third-order valence-electron chi connectivity index (χ3n) is 2.45. The molecule has 1 rings (SSSR count). The number of methoxy groups -OCH3 is 1. The van der Waals surface area contributed by atoms with Gasteiger partial charge in [-0.05, 0) is 19.8 Å². The zero-order chi connectivity index (χ0) is 13.9. The van der Waals surface area contributed by atoms with E-state index < -0.39 is 9.05 Å². The van der Waals surface area contributed by atoms with Crippen LogP contribution in [0.25, 0.3) is 0 Å². The van der Waals surface area contributed by atoms with Crippen LogP contribution in [0.2, 0.25) is 0 Å². The molecule has 0 amide bonds. The van der Waals surface area contributed by atoms with Crippen molar-refractivity contribution in [2.24, 2.45) is 5.92 Å². The van der Waals surface area contributed by atoms with Crippen molar-refractivity contribution in [3.63, 3.8) is 0 Å². The number of nitrogens with zero attached hydrogens (tertiary/aromatic N) is 3. The van der Waals surface area contributed by atoms with Gasteiger partial charge in [-0.3, -0.25) is 4.57 Å². The number of hydrogen-bond donors (Lipinski definition) is 0. The Morgan fingerprint density at radius 2 is 1.94 bits per heavy atom. The summed E-state index contributed by atoms with van der Waals surface area (Å²) in [5, 5.41) is 7.40. The predicted molar refractivity (Wildman–Crippen MR) is 68.2 cm³/mol. The highest BCUT2D eigenvalue weighted by atomic mass is 35.7. The van der Waals surface area contributed by atoms with Gasteiger partial charge in [-0.1, -0.05) is 6.92 Å². The molecule has 104 valence electrons. The van der Waals surface area contributed by atoms with Crippen LogP contribution < -0.4 is 0 Å². The fourth-order valence-corrected chi connectivity index (χ4v) is 2.79. The Bertz CT molecular complexity index is 498. The summed E-state index contributed by atoms with van der Waals surface area (Å²) in [6, 6.07) is -0.0757. The van der Waals surface area contributed by atoms with Gasteiger partial charge >= 0.3 is 0 Å². The van der Waals surface area contributed by atoms with Crippen LogP contribution in [0, 0.1) is 5.92 Å². The minimum absolute atomic E-state index is 0.0757. The largest absolute Gasteiger partial charge is 0.384 e. The van der Waals surface area contributed by atoms with Crippen molar-refractivity contribution in [3.8, 4) is 0 Å². The topological polar surface area (TPSA) is 74.1 Å². The highest BCUT2D eigenvalue weighted by Crippen LogP contribution is 2.20. The molecule has 0 aliphatic heterocycles. The summed E-state index contributed by atoms with van der Waals surface area (Å²) in [5.41, 5.74) is 0. The van der Waals surface area contributed by atoms with E-state index in [9.17, 15) is 8.42 Å². The van der Waals surface area contributed by atoms with Gasteiger partial charge in [0.25, 0.3) is 14.2 Å². The number of rotatable bonds is 6. The quantitative estimate of drug-likeness (QED) is 0.745. The van der Waals surface area contributed by atoms with Gasteiger partial charge in [0, 0.05) is 36.9 Å². The molecule has 1 aromatic rings. The smallest absolute Gasteiger partial charge is 0.296 e. The monoisotopic (exact) mass is 295 g/mol. The zero-order valence-corrected chi connectivity index (χ0v) is 12.5. The van der Waals surface area contributed by atoms with Crippen LogP contribution in [-0.4, -0.2) is 36.9 Å². The SMILES string of the molecule is COCC(C)Cc1nnc(S(=O)(=O)Cl)n1C(C)C. The molecule has 0 fully saturated rings. The average molecular weight is 296 g/mol. The molecular formula is C10H18ClN3O3S. The Balaban J connectivity index is 3.11. The summed E-state index contributed by atoms with van der Waals surface area (Å²) in [6.07, 6.45) is 0.589. The lowest BCUT2D eigenvalue weighted by Crippen LogP contribution is -2.16. The first kappa shape index (κ1) is 15.4. The van der Waals surface area contributed by atoms with Crippen LogP contribution >= 0.6 is 10.7 Å². The molecule has 6 nitrogen and oxygen atoms in total. The Kier molecular flexibility index (Phi) is 5.12. The zero-order valence-electron chi connectivity index (χ0n) is 10.9. The Labute approximate surface area is 112 Å². The van der Waals surface area contributed by atoms with E-state index in [0.29, 0.717) is 18.9 Å². The molecule has 8 heteroatoms. The number of hydrogen-bond acceptors (Lipinski definition) is 5. The van der Waals surface area contributed by atoms with Gasteiger partial charge in [0.15, 0.2) is 0 Å². The second-order valence-electron chi connectivity index (χ2n) is 4.57. The Morgan fingerprint density at radius 3 is 2.39 bits per heavy atom. The van der Waals surface area contributed by atoms with E-state index in [1.54, 1.807) is 11.7 Å². The Morgan fingerprint density at radius 1 is 1.33 bits per heavy atom. The summed E-state index contributed by atoms with van der Waals surface area (Å²) in [7, 11) is 3.09. The third-order valence-corrected chi connectivity index (χ3v) is 3.58. The molecule has 0 aromatic carbocycles. The molecule has 1 unspecified atom stereocenters. The van der Waals surface area contributed by atoms with E-state index in [1.165, 1.54) is 0 Å².